The van der Waals surface area contributed by atoms with Crippen molar-refractivity contribution in [3.05, 3.63) is 0 Å². The van der Waals surface area contributed by atoms with Crippen LogP contribution >= 0.6 is 0 Å². The number of rotatable bonds is 3. The van der Waals surface area contributed by atoms with Crippen LogP contribution in [0.3, 0.4) is 0 Å². The molecular weight excluding hydrogens is 136 g/mol. The summed E-state index contributed by atoms with van der Waals surface area (Å²) in [5, 5.41) is 0. The van der Waals surface area contributed by atoms with Crippen molar-refractivity contribution in [1.82, 2.24) is 0 Å². The number of carbonyl (C=O) groups is 1. The van der Waals surface area contributed by atoms with Crippen LogP contribution in [0.15, 0.2) is 0 Å². The van der Waals surface area contributed by atoms with Crippen LogP contribution in [-0.4, -0.2) is 6.29 Å². The Morgan fingerprint density at radius 1 is 1.64 bits per heavy atom. The molecule has 0 aromatic heterocycles. The second kappa shape index (κ2) is 3.38. The highest BCUT2D eigenvalue weighted by molar-refractivity contribution is 5.59. The molecule has 1 nitrogen and oxygen atoms in total. The van der Waals surface area contributed by atoms with Crippen molar-refractivity contribution < 1.29 is 4.79 Å². The van der Waals surface area contributed by atoms with Crippen LogP contribution in [0, 0.1) is 11.3 Å². The van der Waals surface area contributed by atoms with E-state index in [1.165, 1.54) is 12.7 Å². The van der Waals surface area contributed by atoms with E-state index in [4.69, 9.17) is 0 Å². The van der Waals surface area contributed by atoms with Gasteiger partial charge in [-0.1, -0.05) is 20.3 Å². The van der Waals surface area contributed by atoms with E-state index in [9.17, 15) is 4.79 Å². The van der Waals surface area contributed by atoms with E-state index in [-0.39, 0.29) is 5.41 Å². The third kappa shape index (κ3) is 1.82. The van der Waals surface area contributed by atoms with Gasteiger partial charge < -0.3 is 4.79 Å². The van der Waals surface area contributed by atoms with Crippen molar-refractivity contribution in [3.63, 3.8) is 0 Å². The third-order valence-corrected chi connectivity index (χ3v) is 2.89. The highest BCUT2D eigenvalue weighted by Crippen LogP contribution is 2.43. The van der Waals surface area contributed by atoms with Gasteiger partial charge in [0.05, 0.1) is 0 Å². The van der Waals surface area contributed by atoms with E-state index in [1.54, 1.807) is 0 Å². The number of aldehydes is 1. The van der Waals surface area contributed by atoms with E-state index in [1.807, 2.05) is 0 Å². The average molecular weight is 154 g/mol. The molecule has 0 aromatic rings. The normalized spacial score (nSPS) is 37.5. The fourth-order valence-corrected chi connectivity index (χ4v) is 2.32. The highest BCUT2D eigenvalue weighted by atomic mass is 16.1. The second-order valence-electron chi connectivity index (χ2n) is 4.08. The summed E-state index contributed by atoms with van der Waals surface area (Å²) in [5.41, 5.74) is 0.0775. The Labute approximate surface area is 69.2 Å². The molecular formula is C10H18O. The zero-order valence-corrected chi connectivity index (χ0v) is 7.60. The topological polar surface area (TPSA) is 17.1 Å². The first-order valence-corrected chi connectivity index (χ1v) is 4.69. The molecule has 0 amide bonds. The standard InChI is InChI=1S/C10H18O/c1-3-5-10(8-11)6-4-9(2)7-10/h8-9H,3-7H2,1-2H3. The molecule has 0 aromatic carbocycles. The van der Waals surface area contributed by atoms with E-state index >= 15 is 0 Å². The lowest BCUT2D eigenvalue weighted by Crippen LogP contribution is -2.18. The van der Waals surface area contributed by atoms with E-state index in [2.05, 4.69) is 13.8 Å². The SMILES string of the molecule is CCCC1(C=O)CCC(C)C1. The van der Waals surface area contributed by atoms with Gasteiger partial charge in [-0.25, -0.2) is 0 Å². The van der Waals surface area contributed by atoms with Gasteiger partial charge in [0.25, 0.3) is 0 Å². The lowest BCUT2D eigenvalue weighted by atomic mass is 9.83. The monoisotopic (exact) mass is 154 g/mol. The fourth-order valence-electron chi connectivity index (χ4n) is 2.32. The summed E-state index contributed by atoms with van der Waals surface area (Å²) in [4.78, 5) is 10.9. The molecule has 1 aliphatic carbocycles. The highest BCUT2D eigenvalue weighted by Gasteiger charge is 2.35. The molecule has 1 rings (SSSR count). The Bertz CT molecular complexity index is 138. The molecule has 1 saturated carbocycles. The fraction of sp³-hybridized carbons (Fsp3) is 0.900. The zero-order chi connectivity index (χ0) is 8.32. The summed E-state index contributed by atoms with van der Waals surface area (Å²) < 4.78 is 0. The molecule has 0 radical (unpaired) electrons. The maximum Gasteiger partial charge on any atom is 0.126 e. The molecule has 0 bridgehead atoms. The van der Waals surface area contributed by atoms with Gasteiger partial charge in [-0.15, -0.1) is 0 Å². The Kier molecular flexibility index (Phi) is 2.69. The molecule has 2 unspecified atom stereocenters. The molecule has 1 heteroatoms. The summed E-state index contributed by atoms with van der Waals surface area (Å²) in [6, 6.07) is 0. The first kappa shape index (κ1) is 8.76. The summed E-state index contributed by atoms with van der Waals surface area (Å²) in [6.45, 7) is 4.41. The minimum Gasteiger partial charge on any atom is -0.303 e. The maximum atomic E-state index is 10.9. The van der Waals surface area contributed by atoms with Crippen LogP contribution in [0.1, 0.15) is 46.0 Å². The Balaban J connectivity index is 2.54. The number of hydrogen-bond donors (Lipinski definition) is 0. The van der Waals surface area contributed by atoms with Gasteiger partial charge >= 0.3 is 0 Å². The third-order valence-electron chi connectivity index (χ3n) is 2.89. The van der Waals surface area contributed by atoms with Gasteiger partial charge in [-0.3, -0.25) is 0 Å². The van der Waals surface area contributed by atoms with Crippen LogP contribution in [0.5, 0.6) is 0 Å². The van der Waals surface area contributed by atoms with E-state index < -0.39 is 0 Å². The molecule has 2 atom stereocenters. The first-order valence-electron chi connectivity index (χ1n) is 4.69. The van der Waals surface area contributed by atoms with Crippen LogP contribution in [0.25, 0.3) is 0 Å². The Morgan fingerprint density at radius 2 is 2.36 bits per heavy atom. The predicted molar refractivity (Wildman–Crippen MR) is 46.4 cm³/mol. The van der Waals surface area contributed by atoms with E-state index in [0.717, 1.165) is 31.6 Å². The van der Waals surface area contributed by atoms with Crippen LogP contribution in [-0.2, 0) is 4.79 Å². The van der Waals surface area contributed by atoms with E-state index in [0.29, 0.717) is 0 Å². The average Bonchev–Trinajstić information content (AvgIpc) is 2.34. The molecule has 64 valence electrons. The lowest BCUT2D eigenvalue weighted by molar-refractivity contribution is -0.116. The summed E-state index contributed by atoms with van der Waals surface area (Å²) >= 11 is 0. The van der Waals surface area contributed by atoms with Gasteiger partial charge in [0.15, 0.2) is 0 Å². The number of hydrogen-bond acceptors (Lipinski definition) is 1. The van der Waals surface area contributed by atoms with Crippen molar-refractivity contribution in [2.45, 2.75) is 46.0 Å². The maximum absolute atomic E-state index is 10.9. The zero-order valence-electron chi connectivity index (χ0n) is 7.60. The molecule has 0 spiro atoms. The van der Waals surface area contributed by atoms with Crippen molar-refractivity contribution in [3.8, 4) is 0 Å². The van der Waals surface area contributed by atoms with Crippen LogP contribution < -0.4 is 0 Å². The molecule has 11 heavy (non-hydrogen) atoms. The van der Waals surface area contributed by atoms with Gasteiger partial charge in [0.1, 0.15) is 6.29 Å². The van der Waals surface area contributed by atoms with Gasteiger partial charge in [0, 0.05) is 5.41 Å². The molecule has 0 saturated heterocycles. The van der Waals surface area contributed by atoms with Crippen LogP contribution in [0.4, 0.5) is 0 Å². The van der Waals surface area contributed by atoms with Crippen molar-refractivity contribution in [2.75, 3.05) is 0 Å². The van der Waals surface area contributed by atoms with Gasteiger partial charge in [-0.05, 0) is 31.6 Å². The lowest BCUT2D eigenvalue weighted by Gasteiger charge is -2.20. The quantitative estimate of drug-likeness (QED) is 0.571. The first-order chi connectivity index (χ1) is 5.22. The minimum atomic E-state index is 0.0775. The Hall–Kier alpha value is -0.330. The summed E-state index contributed by atoms with van der Waals surface area (Å²) in [6.07, 6.45) is 6.96. The molecule has 0 N–H and O–H groups in total. The number of carbonyl (C=O) groups excluding carboxylic acids is 1. The largest absolute Gasteiger partial charge is 0.303 e. The molecule has 0 aliphatic heterocycles. The van der Waals surface area contributed by atoms with Crippen molar-refractivity contribution >= 4 is 6.29 Å². The summed E-state index contributed by atoms with van der Waals surface area (Å²) in [7, 11) is 0. The van der Waals surface area contributed by atoms with Gasteiger partial charge in [-0.2, -0.15) is 0 Å². The smallest absolute Gasteiger partial charge is 0.126 e. The molecule has 0 heterocycles. The van der Waals surface area contributed by atoms with Gasteiger partial charge in [0.2, 0.25) is 0 Å². The summed E-state index contributed by atoms with van der Waals surface area (Å²) in [5.74, 6) is 0.770. The second-order valence-corrected chi connectivity index (χ2v) is 4.08. The molecule has 1 fully saturated rings. The Morgan fingerprint density at radius 3 is 2.73 bits per heavy atom. The predicted octanol–water partition coefficient (Wildman–Crippen LogP) is 2.79. The van der Waals surface area contributed by atoms with Crippen molar-refractivity contribution in [1.29, 1.82) is 0 Å². The minimum absolute atomic E-state index is 0.0775. The van der Waals surface area contributed by atoms with Crippen LogP contribution in [0.2, 0.25) is 0 Å². The molecule has 1 aliphatic rings. The van der Waals surface area contributed by atoms with Crippen molar-refractivity contribution in [2.24, 2.45) is 11.3 Å².